The molecule has 2 aliphatic rings. The van der Waals surface area contributed by atoms with Gasteiger partial charge in [0.05, 0.1) is 26.4 Å². The molecule has 0 aromatic heterocycles. The summed E-state index contributed by atoms with van der Waals surface area (Å²) in [6, 6.07) is 8.73. The first-order valence-corrected chi connectivity index (χ1v) is 14.1. The molecule has 2 aromatic carbocycles. The van der Waals surface area contributed by atoms with Gasteiger partial charge >= 0.3 is 5.97 Å². The third kappa shape index (κ3) is 8.02. The second-order valence-electron chi connectivity index (χ2n) is 10.6. The van der Waals surface area contributed by atoms with Crippen LogP contribution in [0.4, 0.5) is 0 Å². The van der Waals surface area contributed by atoms with E-state index in [4.69, 9.17) is 28.4 Å². The number of aromatic hydroxyl groups is 3. The van der Waals surface area contributed by atoms with E-state index in [2.05, 4.69) is 0 Å². The maximum absolute atomic E-state index is 12.9. The molecule has 0 bridgehead atoms. The van der Waals surface area contributed by atoms with E-state index in [0.717, 1.165) is 6.08 Å². The Labute approximate surface area is 258 Å². The highest BCUT2D eigenvalue weighted by Crippen LogP contribution is 2.33. The van der Waals surface area contributed by atoms with Crippen LogP contribution in [0.3, 0.4) is 0 Å². The third-order valence-corrected chi connectivity index (χ3v) is 7.51. The summed E-state index contributed by atoms with van der Waals surface area (Å²) in [7, 11) is 1.36. The summed E-state index contributed by atoms with van der Waals surface area (Å²) >= 11 is 0. The molecule has 2 aromatic rings. The highest BCUT2D eigenvalue weighted by Gasteiger charge is 2.52. The Hall–Kier alpha value is -3.51. The molecule has 15 nitrogen and oxygen atoms in total. The van der Waals surface area contributed by atoms with Crippen molar-refractivity contribution < 1.29 is 74.1 Å². The lowest BCUT2D eigenvalue weighted by Crippen LogP contribution is -2.65. The fourth-order valence-corrected chi connectivity index (χ4v) is 4.96. The molecule has 10 unspecified atom stereocenters. The summed E-state index contributed by atoms with van der Waals surface area (Å²) in [5, 5.41) is 81.9. The first-order chi connectivity index (χ1) is 21.4. The van der Waals surface area contributed by atoms with Crippen LogP contribution in [-0.2, 0) is 34.9 Å². The largest absolute Gasteiger partial charge is 0.504 e. The number of esters is 1. The average molecular weight is 639 g/mol. The predicted molar refractivity (Wildman–Crippen MR) is 152 cm³/mol. The number of phenolic OH excluding ortho intramolecular Hbond substituents is 3. The number of aliphatic hydroxyl groups excluding tert-OH is 5. The number of carbonyl (C=O) groups is 1. The number of rotatable bonds is 11. The summed E-state index contributed by atoms with van der Waals surface area (Å²) in [6.45, 7) is 0.552. The summed E-state index contributed by atoms with van der Waals surface area (Å²) < 4.78 is 33.4. The van der Waals surface area contributed by atoms with Crippen LogP contribution in [0.25, 0.3) is 6.08 Å². The fourth-order valence-electron chi connectivity index (χ4n) is 4.96. The van der Waals surface area contributed by atoms with Crippen molar-refractivity contribution in [3.63, 3.8) is 0 Å². The second kappa shape index (κ2) is 15.2. The van der Waals surface area contributed by atoms with Crippen LogP contribution >= 0.6 is 0 Å². The summed E-state index contributed by atoms with van der Waals surface area (Å²) in [6.07, 6.45) is -12.6. The minimum Gasteiger partial charge on any atom is -0.504 e. The maximum Gasteiger partial charge on any atom is 0.331 e. The number of benzene rings is 2. The number of aliphatic hydroxyl groups is 5. The molecule has 45 heavy (non-hydrogen) atoms. The fraction of sp³-hybridized carbons (Fsp3) is 0.500. The van der Waals surface area contributed by atoms with Gasteiger partial charge in [0, 0.05) is 11.6 Å². The Morgan fingerprint density at radius 3 is 2.38 bits per heavy atom. The van der Waals surface area contributed by atoms with Gasteiger partial charge in [-0.25, -0.2) is 4.79 Å². The van der Waals surface area contributed by atoms with Crippen molar-refractivity contribution in [1.82, 2.24) is 0 Å². The monoisotopic (exact) mass is 638 g/mol. The van der Waals surface area contributed by atoms with Crippen LogP contribution in [0.5, 0.6) is 23.0 Å². The molecule has 2 saturated heterocycles. The zero-order chi connectivity index (χ0) is 32.8. The van der Waals surface area contributed by atoms with Gasteiger partial charge < -0.3 is 69.3 Å². The lowest BCUT2D eigenvalue weighted by molar-refractivity contribution is -0.357. The van der Waals surface area contributed by atoms with Crippen molar-refractivity contribution in [2.75, 3.05) is 20.3 Å². The number of phenols is 3. The lowest BCUT2D eigenvalue weighted by atomic mass is 9.97. The average Bonchev–Trinajstić information content (AvgIpc) is 3.02. The Morgan fingerprint density at radius 1 is 0.911 bits per heavy atom. The maximum atomic E-state index is 12.9. The van der Waals surface area contributed by atoms with Crippen LogP contribution in [0.15, 0.2) is 42.5 Å². The number of para-hydroxylation sites is 1. The normalized spacial score (nSPS) is 32.0. The second-order valence-corrected chi connectivity index (χ2v) is 10.6. The van der Waals surface area contributed by atoms with E-state index in [9.17, 15) is 45.6 Å². The number of hydrogen-bond donors (Lipinski definition) is 8. The minimum absolute atomic E-state index is 0.0828. The van der Waals surface area contributed by atoms with Gasteiger partial charge in [-0.3, -0.25) is 0 Å². The van der Waals surface area contributed by atoms with E-state index in [1.54, 1.807) is 6.07 Å². The molecule has 0 saturated carbocycles. The van der Waals surface area contributed by atoms with Crippen molar-refractivity contribution in [1.29, 1.82) is 0 Å². The van der Waals surface area contributed by atoms with Crippen LogP contribution in [0.2, 0.25) is 0 Å². The van der Waals surface area contributed by atoms with Crippen molar-refractivity contribution in [2.24, 2.45) is 0 Å². The van der Waals surface area contributed by atoms with Crippen LogP contribution in [0.1, 0.15) is 18.1 Å². The van der Waals surface area contributed by atoms with Gasteiger partial charge in [-0.1, -0.05) is 18.2 Å². The molecule has 4 rings (SSSR count). The van der Waals surface area contributed by atoms with Crippen molar-refractivity contribution in [2.45, 2.75) is 74.8 Å². The topological polar surface area (TPSA) is 234 Å². The van der Waals surface area contributed by atoms with Gasteiger partial charge in [0.2, 0.25) is 0 Å². The first kappa shape index (κ1) is 34.4. The predicted octanol–water partition coefficient (Wildman–Crippen LogP) is -0.713. The highest BCUT2D eigenvalue weighted by molar-refractivity contribution is 5.87. The SMILES string of the molecule is COc1cc(C=CC(=O)OC2C(CO)OC(OCCc3cccc(O)c3O)C(O)C2OC2OC(C)C(O)C(O)C2O)ccc1O. The zero-order valence-corrected chi connectivity index (χ0v) is 24.4. The lowest BCUT2D eigenvalue weighted by Gasteiger charge is -2.46. The molecule has 248 valence electrons. The Kier molecular flexibility index (Phi) is 11.6. The smallest absolute Gasteiger partial charge is 0.331 e. The molecular weight excluding hydrogens is 600 g/mol. The van der Waals surface area contributed by atoms with Crippen molar-refractivity contribution in [3.05, 3.63) is 53.6 Å². The third-order valence-electron chi connectivity index (χ3n) is 7.51. The molecule has 0 radical (unpaired) electrons. The van der Waals surface area contributed by atoms with Gasteiger partial charge in [0.25, 0.3) is 0 Å². The van der Waals surface area contributed by atoms with Crippen molar-refractivity contribution >= 4 is 12.0 Å². The minimum atomic E-state index is -1.77. The number of carbonyl (C=O) groups excluding carboxylic acids is 1. The van der Waals surface area contributed by atoms with E-state index in [1.165, 1.54) is 50.4 Å². The van der Waals surface area contributed by atoms with Gasteiger partial charge in [0.1, 0.15) is 36.6 Å². The molecule has 0 spiro atoms. The van der Waals surface area contributed by atoms with Gasteiger partial charge in [0.15, 0.2) is 41.7 Å². The molecule has 0 amide bonds. The van der Waals surface area contributed by atoms with Gasteiger partial charge in [-0.15, -0.1) is 0 Å². The Bertz CT molecular complexity index is 1320. The molecule has 2 heterocycles. The van der Waals surface area contributed by atoms with Crippen LogP contribution in [-0.4, -0.2) is 129 Å². The van der Waals surface area contributed by atoms with Crippen LogP contribution in [0, 0.1) is 0 Å². The van der Waals surface area contributed by atoms with E-state index in [1.807, 2.05) is 0 Å². The molecular formula is C30H38O15. The standard InChI is InChI=1S/C30H38O15/c1-14-22(35)24(37)25(38)30(42-14)45-28-26(39)29(41-11-10-16-4-3-5-18(33)23(16)36)43-20(13-31)27(28)44-21(34)9-7-15-6-8-17(32)19(12-15)40-2/h3-9,12,14,20,22,24-33,35-39H,10-11,13H2,1-2H3. The number of methoxy groups -OCH3 is 1. The molecule has 2 aliphatic heterocycles. The van der Waals surface area contributed by atoms with E-state index in [-0.39, 0.29) is 36.0 Å². The van der Waals surface area contributed by atoms with Gasteiger partial charge in [-0.05, 0) is 43.2 Å². The van der Waals surface area contributed by atoms with Gasteiger partial charge in [-0.2, -0.15) is 0 Å². The zero-order valence-electron chi connectivity index (χ0n) is 24.4. The summed E-state index contributed by atoms with van der Waals surface area (Å²) in [5.74, 6) is -1.55. The van der Waals surface area contributed by atoms with E-state index < -0.39 is 74.0 Å². The summed E-state index contributed by atoms with van der Waals surface area (Å²) in [4.78, 5) is 12.9. The van der Waals surface area contributed by atoms with E-state index in [0.29, 0.717) is 11.1 Å². The Morgan fingerprint density at radius 2 is 1.67 bits per heavy atom. The number of ether oxygens (including phenoxy) is 6. The van der Waals surface area contributed by atoms with Crippen molar-refractivity contribution in [3.8, 4) is 23.0 Å². The molecule has 10 atom stereocenters. The molecule has 0 aliphatic carbocycles. The van der Waals surface area contributed by atoms with E-state index >= 15 is 0 Å². The number of hydrogen-bond acceptors (Lipinski definition) is 15. The Balaban J connectivity index is 1.53. The molecule has 2 fully saturated rings. The summed E-state index contributed by atoms with van der Waals surface area (Å²) in [5.41, 5.74) is 0.816. The highest BCUT2D eigenvalue weighted by atomic mass is 16.7. The molecule has 15 heteroatoms. The molecule has 8 N–H and O–H groups in total. The quantitative estimate of drug-likeness (QED) is 0.0862. The first-order valence-electron chi connectivity index (χ1n) is 14.1. The van der Waals surface area contributed by atoms with Crippen LogP contribution < -0.4 is 4.74 Å².